The minimum absolute atomic E-state index is 0.752. The van der Waals surface area contributed by atoms with Crippen LogP contribution >= 0.6 is 0 Å². The first-order valence-corrected chi connectivity index (χ1v) is 9.53. The first kappa shape index (κ1) is 18.3. The van der Waals surface area contributed by atoms with E-state index in [0.717, 1.165) is 55.0 Å². The van der Waals surface area contributed by atoms with Gasteiger partial charge < -0.3 is 20.3 Å². The third kappa shape index (κ3) is 4.40. The quantitative estimate of drug-likeness (QED) is 0.688. The molecule has 0 saturated carbocycles. The van der Waals surface area contributed by atoms with Gasteiger partial charge in [-0.2, -0.15) is 0 Å². The van der Waals surface area contributed by atoms with Crippen LogP contribution in [-0.4, -0.2) is 36.3 Å². The van der Waals surface area contributed by atoms with Crippen LogP contribution in [0.2, 0.25) is 0 Å². The van der Waals surface area contributed by atoms with Gasteiger partial charge in [0.25, 0.3) is 0 Å². The molecule has 6 heteroatoms. The van der Waals surface area contributed by atoms with Gasteiger partial charge in [-0.25, -0.2) is 9.97 Å². The molecular formula is C22H25N5O. The third-order valence-electron chi connectivity index (χ3n) is 4.68. The molecule has 4 rings (SSSR count). The van der Waals surface area contributed by atoms with Gasteiger partial charge in [-0.15, -0.1) is 0 Å². The van der Waals surface area contributed by atoms with Crippen molar-refractivity contribution >= 4 is 28.7 Å². The Morgan fingerprint density at radius 3 is 2.29 bits per heavy atom. The van der Waals surface area contributed by atoms with Crippen molar-refractivity contribution in [1.82, 2.24) is 9.97 Å². The zero-order valence-electron chi connectivity index (χ0n) is 16.3. The number of aromatic nitrogens is 2. The van der Waals surface area contributed by atoms with Crippen LogP contribution in [-0.2, 0) is 4.74 Å². The molecule has 1 aliphatic heterocycles. The number of anilines is 5. The van der Waals surface area contributed by atoms with Crippen molar-refractivity contribution in [1.29, 1.82) is 0 Å². The first-order valence-electron chi connectivity index (χ1n) is 9.53. The Labute approximate surface area is 165 Å². The first-order chi connectivity index (χ1) is 13.7. The Kier molecular flexibility index (Phi) is 5.39. The van der Waals surface area contributed by atoms with Gasteiger partial charge >= 0.3 is 0 Å². The molecule has 0 unspecified atom stereocenters. The standard InChI is InChI=1S/C22H25N5O/c1-16-11-17(2)13-18(12-16)25-21-14-22(24-15-23-21)26-19-5-3-4-6-20(19)27-7-9-28-10-8-27/h3-6,11-15H,7-10H2,1-2H3,(H2,23,24,25,26). The lowest BCUT2D eigenvalue weighted by Crippen LogP contribution is -2.36. The summed E-state index contributed by atoms with van der Waals surface area (Å²) in [7, 11) is 0. The molecule has 28 heavy (non-hydrogen) atoms. The predicted molar refractivity (Wildman–Crippen MR) is 114 cm³/mol. The SMILES string of the molecule is Cc1cc(C)cc(Nc2cc(Nc3ccccc3N3CCOCC3)ncn2)c1. The fourth-order valence-electron chi connectivity index (χ4n) is 3.49. The summed E-state index contributed by atoms with van der Waals surface area (Å²) in [6.45, 7) is 7.48. The number of hydrogen-bond donors (Lipinski definition) is 2. The normalized spacial score (nSPS) is 14.0. The molecule has 0 aliphatic carbocycles. The Morgan fingerprint density at radius 1 is 0.857 bits per heavy atom. The van der Waals surface area contributed by atoms with Crippen LogP contribution in [0.25, 0.3) is 0 Å². The van der Waals surface area contributed by atoms with E-state index in [4.69, 9.17) is 4.74 Å². The molecule has 2 aromatic carbocycles. The molecule has 1 aromatic heterocycles. The maximum absolute atomic E-state index is 5.48. The smallest absolute Gasteiger partial charge is 0.135 e. The van der Waals surface area contributed by atoms with Crippen molar-refractivity contribution < 1.29 is 4.74 Å². The van der Waals surface area contributed by atoms with E-state index >= 15 is 0 Å². The van der Waals surface area contributed by atoms with Crippen molar-refractivity contribution in [2.45, 2.75) is 13.8 Å². The lowest BCUT2D eigenvalue weighted by atomic mass is 10.1. The molecule has 0 atom stereocenters. The van der Waals surface area contributed by atoms with E-state index in [1.165, 1.54) is 11.1 Å². The van der Waals surface area contributed by atoms with E-state index in [0.29, 0.717) is 0 Å². The Balaban J connectivity index is 1.54. The summed E-state index contributed by atoms with van der Waals surface area (Å²) < 4.78 is 5.48. The average molecular weight is 375 g/mol. The highest BCUT2D eigenvalue weighted by molar-refractivity contribution is 5.75. The van der Waals surface area contributed by atoms with Gasteiger partial charge in [0.1, 0.15) is 18.0 Å². The number of morpholine rings is 1. The lowest BCUT2D eigenvalue weighted by molar-refractivity contribution is 0.123. The van der Waals surface area contributed by atoms with Gasteiger partial charge in [-0.3, -0.25) is 0 Å². The second kappa shape index (κ2) is 8.27. The molecule has 6 nitrogen and oxygen atoms in total. The molecule has 2 heterocycles. The van der Waals surface area contributed by atoms with Crippen LogP contribution < -0.4 is 15.5 Å². The highest BCUT2D eigenvalue weighted by atomic mass is 16.5. The van der Waals surface area contributed by atoms with E-state index in [1.54, 1.807) is 6.33 Å². The number of hydrogen-bond acceptors (Lipinski definition) is 6. The number of rotatable bonds is 5. The molecule has 1 fully saturated rings. The molecule has 0 bridgehead atoms. The zero-order chi connectivity index (χ0) is 19.3. The Morgan fingerprint density at radius 2 is 1.54 bits per heavy atom. The maximum atomic E-state index is 5.48. The third-order valence-corrected chi connectivity index (χ3v) is 4.68. The maximum Gasteiger partial charge on any atom is 0.135 e. The second-order valence-corrected chi connectivity index (χ2v) is 7.03. The summed E-state index contributed by atoms with van der Waals surface area (Å²) in [6, 6.07) is 16.6. The van der Waals surface area contributed by atoms with Crippen LogP contribution in [0.1, 0.15) is 11.1 Å². The number of nitrogens with one attached hydrogen (secondary N) is 2. The Bertz CT molecular complexity index is 933. The molecule has 0 spiro atoms. The van der Waals surface area contributed by atoms with E-state index in [9.17, 15) is 0 Å². The second-order valence-electron chi connectivity index (χ2n) is 7.03. The van der Waals surface area contributed by atoms with Gasteiger partial charge in [-0.05, 0) is 49.2 Å². The lowest BCUT2D eigenvalue weighted by Gasteiger charge is -2.30. The summed E-state index contributed by atoms with van der Waals surface area (Å²) in [5.74, 6) is 1.51. The predicted octanol–water partition coefficient (Wildman–Crippen LogP) is 4.42. The van der Waals surface area contributed by atoms with Gasteiger partial charge in [-0.1, -0.05) is 18.2 Å². The topological polar surface area (TPSA) is 62.3 Å². The molecule has 2 N–H and O–H groups in total. The summed E-state index contributed by atoms with van der Waals surface area (Å²) in [4.78, 5) is 11.1. The number of nitrogens with zero attached hydrogens (tertiary/aromatic N) is 3. The molecule has 1 saturated heterocycles. The van der Waals surface area contributed by atoms with Crippen molar-refractivity contribution in [3.05, 3.63) is 66.0 Å². The van der Waals surface area contributed by atoms with E-state index in [-0.39, 0.29) is 0 Å². The van der Waals surface area contributed by atoms with Gasteiger partial charge in [0.2, 0.25) is 0 Å². The molecular weight excluding hydrogens is 350 g/mol. The molecule has 0 amide bonds. The van der Waals surface area contributed by atoms with Crippen molar-refractivity contribution in [2.75, 3.05) is 41.8 Å². The largest absolute Gasteiger partial charge is 0.378 e. The monoisotopic (exact) mass is 375 g/mol. The van der Waals surface area contributed by atoms with Crippen LogP contribution in [0, 0.1) is 13.8 Å². The molecule has 144 valence electrons. The van der Waals surface area contributed by atoms with Crippen LogP contribution in [0.4, 0.5) is 28.7 Å². The number of para-hydroxylation sites is 2. The van der Waals surface area contributed by atoms with Crippen molar-refractivity contribution in [3.8, 4) is 0 Å². The van der Waals surface area contributed by atoms with Crippen LogP contribution in [0.15, 0.2) is 54.9 Å². The van der Waals surface area contributed by atoms with Gasteiger partial charge in [0, 0.05) is 24.8 Å². The summed E-state index contributed by atoms with van der Waals surface area (Å²) in [5, 5.41) is 6.82. The molecule has 0 radical (unpaired) electrons. The van der Waals surface area contributed by atoms with E-state index < -0.39 is 0 Å². The van der Waals surface area contributed by atoms with Crippen molar-refractivity contribution in [3.63, 3.8) is 0 Å². The van der Waals surface area contributed by atoms with E-state index in [1.807, 2.05) is 12.1 Å². The summed E-state index contributed by atoms with van der Waals surface area (Å²) in [5.41, 5.74) is 5.65. The summed E-state index contributed by atoms with van der Waals surface area (Å²) in [6.07, 6.45) is 1.57. The zero-order valence-corrected chi connectivity index (χ0v) is 16.3. The van der Waals surface area contributed by atoms with Crippen molar-refractivity contribution in [2.24, 2.45) is 0 Å². The fourth-order valence-corrected chi connectivity index (χ4v) is 3.49. The number of aryl methyl sites for hydroxylation is 2. The van der Waals surface area contributed by atoms with Crippen LogP contribution in [0.5, 0.6) is 0 Å². The number of benzene rings is 2. The van der Waals surface area contributed by atoms with Gasteiger partial charge in [0.15, 0.2) is 0 Å². The highest BCUT2D eigenvalue weighted by Crippen LogP contribution is 2.29. The Hall–Kier alpha value is -3.12. The fraction of sp³-hybridized carbons (Fsp3) is 0.273. The summed E-state index contributed by atoms with van der Waals surface area (Å²) >= 11 is 0. The highest BCUT2D eigenvalue weighted by Gasteiger charge is 2.14. The van der Waals surface area contributed by atoms with Crippen LogP contribution in [0.3, 0.4) is 0 Å². The molecule has 3 aromatic rings. The van der Waals surface area contributed by atoms with E-state index in [2.05, 4.69) is 75.7 Å². The average Bonchev–Trinajstić information content (AvgIpc) is 2.69. The minimum atomic E-state index is 0.752. The molecule has 1 aliphatic rings. The number of ether oxygens (including phenoxy) is 1. The minimum Gasteiger partial charge on any atom is -0.378 e. The van der Waals surface area contributed by atoms with Gasteiger partial charge in [0.05, 0.1) is 24.6 Å².